The van der Waals surface area contributed by atoms with Crippen molar-refractivity contribution in [1.29, 1.82) is 0 Å². The first-order valence-corrected chi connectivity index (χ1v) is 6.66. The Kier molecular flexibility index (Phi) is 4.70. The zero-order valence-electron chi connectivity index (χ0n) is 10.4. The van der Waals surface area contributed by atoms with E-state index in [-0.39, 0.29) is 0 Å². The molecular weight excluding hydrogens is 283 g/mol. The smallest absolute Gasteiger partial charge is 0.120 e. The Morgan fingerprint density at radius 1 is 1.16 bits per heavy atom. The summed E-state index contributed by atoms with van der Waals surface area (Å²) in [6, 6.07) is 12.6. The first kappa shape index (κ1) is 14.2. The zero-order valence-corrected chi connectivity index (χ0v) is 11.9. The highest BCUT2D eigenvalue weighted by atomic mass is 35.5. The van der Waals surface area contributed by atoms with Crippen LogP contribution in [0.25, 0.3) is 0 Å². The van der Waals surface area contributed by atoms with Gasteiger partial charge in [-0.05, 0) is 42.8 Å². The van der Waals surface area contributed by atoms with Gasteiger partial charge in [0.25, 0.3) is 0 Å². The van der Waals surface area contributed by atoms with Crippen LogP contribution < -0.4 is 4.74 Å². The number of aliphatic hydroxyl groups is 1. The van der Waals surface area contributed by atoms with Crippen molar-refractivity contribution in [2.75, 3.05) is 0 Å². The molecule has 0 unspecified atom stereocenters. The van der Waals surface area contributed by atoms with Gasteiger partial charge in [-0.3, -0.25) is 0 Å². The molecule has 1 N–H and O–H groups in total. The molecule has 0 aromatic heterocycles. The fourth-order valence-corrected chi connectivity index (χ4v) is 2.05. The highest BCUT2D eigenvalue weighted by Crippen LogP contribution is 2.24. The molecular formula is C15H14Cl2O2. The van der Waals surface area contributed by atoms with Gasteiger partial charge in [0.05, 0.1) is 6.10 Å². The van der Waals surface area contributed by atoms with Crippen molar-refractivity contribution in [2.24, 2.45) is 0 Å². The van der Waals surface area contributed by atoms with E-state index in [9.17, 15) is 5.11 Å². The number of ether oxygens (including phenoxy) is 1. The van der Waals surface area contributed by atoms with Crippen LogP contribution in [0.15, 0.2) is 42.5 Å². The molecule has 0 saturated heterocycles. The lowest BCUT2D eigenvalue weighted by atomic mass is 10.1. The summed E-state index contributed by atoms with van der Waals surface area (Å²) in [4.78, 5) is 0. The summed E-state index contributed by atoms with van der Waals surface area (Å²) in [6.07, 6.45) is -0.515. The molecule has 19 heavy (non-hydrogen) atoms. The molecule has 0 bridgehead atoms. The van der Waals surface area contributed by atoms with Crippen molar-refractivity contribution in [1.82, 2.24) is 0 Å². The predicted molar refractivity (Wildman–Crippen MR) is 77.9 cm³/mol. The van der Waals surface area contributed by atoms with Crippen LogP contribution in [0.3, 0.4) is 0 Å². The van der Waals surface area contributed by atoms with Gasteiger partial charge in [-0.2, -0.15) is 0 Å². The minimum atomic E-state index is -0.515. The van der Waals surface area contributed by atoms with Crippen LogP contribution in [-0.2, 0) is 6.61 Å². The lowest BCUT2D eigenvalue weighted by molar-refractivity contribution is 0.198. The lowest BCUT2D eigenvalue weighted by Gasteiger charge is -2.10. The Balaban J connectivity index is 2.10. The number of halogens is 2. The number of rotatable bonds is 4. The summed E-state index contributed by atoms with van der Waals surface area (Å²) in [6.45, 7) is 2.05. The highest BCUT2D eigenvalue weighted by Gasteiger charge is 2.05. The van der Waals surface area contributed by atoms with Gasteiger partial charge in [0.15, 0.2) is 0 Å². The minimum absolute atomic E-state index is 0.336. The molecule has 100 valence electrons. The summed E-state index contributed by atoms with van der Waals surface area (Å²) in [5, 5.41) is 10.8. The van der Waals surface area contributed by atoms with Crippen molar-refractivity contribution in [3.05, 3.63) is 63.6 Å². The van der Waals surface area contributed by atoms with E-state index in [4.69, 9.17) is 27.9 Å². The first-order valence-electron chi connectivity index (χ1n) is 5.91. The van der Waals surface area contributed by atoms with E-state index in [1.807, 2.05) is 24.3 Å². The van der Waals surface area contributed by atoms with Gasteiger partial charge >= 0.3 is 0 Å². The molecule has 1 atom stereocenters. The number of hydrogen-bond acceptors (Lipinski definition) is 2. The molecule has 0 heterocycles. The van der Waals surface area contributed by atoms with E-state index >= 15 is 0 Å². The third kappa shape index (κ3) is 3.87. The van der Waals surface area contributed by atoms with Crippen molar-refractivity contribution < 1.29 is 9.84 Å². The topological polar surface area (TPSA) is 29.5 Å². The van der Waals surface area contributed by atoms with Crippen LogP contribution >= 0.6 is 23.2 Å². The second-order valence-electron chi connectivity index (χ2n) is 4.27. The van der Waals surface area contributed by atoms with Gasteiger partial charge in [-0.15, -0.1) is 0 Å². The largest absolute Gasteiger partial charge is 0.489 e. The third-order valence-corrected chi connectivity index (χ3v) is 3.35. The van der Waals surface area contributed by atoms with Crippen LogP contribution in [0, 0.1) is 0 Å². The molecule has 0 fully saturated rings. The second kappa shape index (κ2) is 6.29. The quantitative estimate of drug-likeness (QED) is 0.891. The maximum Gasteiger partial charge on any atom is 0.120 e. The number of benzene rings is 2. The molecule has 2 nitrogen and oxygen atoms in total. The Labute approximate surface area is 122 Å². The maximum absolute atomic E-state index is 9.52. The summed E-state index contributed by atoms with van der Waals surface area (Å²) in [7, 11) is 0. The Morgan fingerprint density at radius 3 is 2.68 bits per heavy atom. The fraction of sp³-hybridized carbons (Fsp3) is 0.200. The molecule has 0 aliphatic rings. The maximum atomic E-state index is 9.52. The Hall–Kier alpha value is -1.22. The molecule has 0 saturated carbocycles. The van der Waals surface area contributed by atoms with Crippen molar-refractivity contribution in [2.45, 2.75) is 19.6 Å². The van der Waals surface area contributed by atoms with Crippen molar-refractivity contribution >= 4 is 23.2 Å². The summed E-state index contributed by atoms with van der Waals surface area (Å²) < 4.78 is 5.66. The normalized spacial score (nSPS) is 12.2. The molecule has 0 spiro atoms. The Bertz CT molecular complexity index is 568. The van der Waals surface area contributed by atoms with E-state index < -0.39 is 6.10 Å². The third-order valence-electron chi connectivity index (χ3n) is 2.74. The summed E-state index contributed by atoms with van der Waals surface area (Å²) >= 11 is 12.0. The molecule has 0 amide bonds. The average Bonchev–Trinajstić information content (AvgIpc) is 2.40. The van der Waals surface area contributed by atoms with E-state index in [0.717, 1.165) is 11.1 Å². The van der Waals surface area contributed by atoms with Gasteiger partial charge in [0, 0.05) is 15.6 Å². The highest BCUT2D eigenvalue weighted by molar-refractivity contribution is 6.33. The van der Waals surface area contributed by atoms with Crippen molar-refractivity contribution in [3.8, 4) is 5.75 Å². The van der Waals surface area contributed by atoms with Crippen LogP contribution in [-0.4, -0.2) is 5.11 Å². The summed E-state index contributed by atoms with van der Waals surface area (Å²) in [5.41, 5.74) is 1.64. The standard InChI is InChI=1S/C15H14Cl2O2/c1-10(18)11-3-2-4-14(8-11)19-9-12-7-13(16)5-6-15(12)17/h2-8,10,18H,9H2,1H3/t10-/m0/s1. The minimum Gasteiger partial charge on any atom is -0.489 e. The van der Waals surface area contributed by atoms with Crippen molar-refractivity contribution in [3.63, 3.8) is 0 Å². The average molecular weight is 297 g/mol. The van der Waals surface area contributed by atoms with Gasteiger partial charge in [-0.1, -0.05) is 35.3 Å². The van der Waals surface area contributed by atoms with E-state index in [2.05, 4.69) is 0 Å². The fourth-order valence-electron chi connectivity index (χ4n) is 1.68. The number of aliphatic hydroxyl groups excluding tert-OH is 1. The summed E-state index contributed by atoms with van der Waals surface area (Å²) in [5.74, 6) is 0.689. The van der Waals surface area contributed by atoms with Gasteiger partial charge in [-0.25, -0.2) is 0 Å². The van der Waals surface area contributed by atoms with Crippen LogP contribution in [0.1, 0.15) is 24.2 Å². The SMILES string of the molecule is C[C@H](O)c1cccc(OCc2cc(Cl)ccc2Cl)c1. The van der Waals surface area contributed by atoms with Gasteiger partial charge in [0.1, 0.15) is 12.4 Å². The monoisotopic (exact) mass is 296 g/mol. The molecule has 0 aliphatic heterocycles. The zero-order chi connectivity index (χ0) is 13.8. The molecule has 2 rings (SSSR count). The van der Waals surface area contributed by atoms with Crippen LogP contribution in [0.5, 0.6) is 5.75 Å². The Morgan fingerprint density at radius 2 is 1.95 bits per heavy atom. The molecule has 0 aliphatic carbocycles. The van der Waals surface area contributed by atoms with Crippen LogP contribution in [0.2, 0.25) is 10.0 Å². The molecule has 4 heteroatoms. The lowest BCUT2D eigenvalue weighted by Crippen LogP contribution is -1.98. The predicted octanol–water partition coefficient (Wildman–Crippen LogP) is 4.63. The number of hydrogen-bond donors (Lipinski definition) is 1. The van der Waals surface area contributed by atoms with E-state index in [1.165, 1.54) is 0 Å². The molecule has 0 radical (unpaired) electrons. The van der Waals surface area contributed by atoms with E-state index in [0.29, 0.717) is 22.4 Å². The van der Waals surface area contributed by atoms with Crippen LogP contribution in [0.4, 0.5) is 0 Å². The second-order valence-corrected chi connectivity index (χ2v) is 5.12. The van der Waals surface area contributed by atoms with E-state index in [1.54, 1.807) is 25.1 Å². The molecule has 2 aromatic rings. The van der Waals surface area contributed by atoms with Gasteiger partial charge < -0.3 is 9.84 Å². The van der Waals surface area contributed by atoms with Gasteiger partial charge in [0.2, 0.25) is 0 Å². The first-order chi connectivity index (χ1) is 9.06. The molecule has 2 aromatic carbocycles.